The Bertz CT molecular complexity index is 761. The van der Waals surface area contributed by atoms with Crippen molar-refractivity contribution >= 4 is 23.6 Å². The van der Waals surface area contributed by atoms with Crippen LogP contribution in [0.15, 0.2) is 24.3 Å². The van der Waals surface area contributed by atoms with E-state index >= 15 is 0 Å². The summed E-state index contributed by atoms with van der Waals surface area (Å²) >= 11 is 0. The minimum Gasteiger partial charge on any atom is -0.481 e. The Morgan fingerprint density at radius 1 is 1.04 bits per heavy atom. The summed E-state index contributed by atoms with van der Waals surface area (Å²) in [7, 11) is 0. The molecule has 0 aromatic heterocycles. The van der Waals surface area contributed by atoms with Crippen molar-refractivity contribution < 1.29 is 28.3 Å². The third-order valence-corrected chi connectivity index (χ3v) is 5.03. The lowest BCUT2D eigenvalue weighted by atomic mass is 9.81. The number of carbonyl (C=O) groups excluding carboxylic acids is 4. The first-order valence-electron chi connectivity index (χ1n) is 9.27. The molecule has 0 spiro atoms. The van der Waals surface area contributed by atoms with Gasteiger partial charge in [0, 0.05) is 13.0 Å². The van der Waals surface area contributed by atoms with E-state index in [-0.39, 0.29) is 42.4 Å². The molecule has 9 heteroatoms. The summed E-state index contributed by atoms with van der Waals surface area (Å²) in [5.41, 5.74) is 4.33. The zero-order valence-corrected chi connectivity index (χ0v) is 15.3. The van der Waals surface area contributed by atoms with E-state index in [4.69, 9.17) is 4.74 Å². The monoisotopic (exact) mass is 391 g/mol. The number of hydrazine groups is 1. The molecule has 1 saturated carbocycles. The number of amides is 4. The van der Waals surface area contributed by atoms with Crippen LogP contribution in [0.4, 0.5) is 4.39 Å². The highest BCUT2D eigenvalue weighted by Gasteiger charge is 2.47. The maximum Gasteiger partial charge on any atom is 0.276 e. The van der Waals surface area contributed by atoms with E-state index in [0.717, 1.165) is 30.6 Å². The van der Waals surface area contributed by atoms with Crippen molar-refractivity contribution in [3.05, 3.63) is 30.1 Å². The van der Waals surface area contributed by atoms with Crippen LogP contribution in [0.5, 0.6) is 5.75 Å². The number of carbonyl (C=O) groups is 4. The van der Waals surface area contributed by atoms with Crippen molar-refractivity contribution in [3.8, 4) is 5.75 Å². The van der Waals surface area contributed by atoms with Crippen molar-refractivity contribution in [1.82, 2.24) is 15.8 Å². The predicted molar refractivity (Wildman–Crippen MR) is 95.0 cm³/mol. The summed E-state index contributed by atoms with van der Waals surface area (Å²) in [6.45, 7) is -0.494. The van der Waals surface area contributed by atoms with Crippen LogP contribution in [0, 0.1) is 17.7 Å². The van der Waals surface area contributed by atoms with Crippen LogP contribution in [-0.4, -0.2) is 41.7 Å². The fourth-order valence-corrected chi connectivity index (χ4v) is 3.61. The Morgan fingerprint density at radius 3 is 2.29 bits per heavy atom. The van der Waals surface area contributed by atoms with E-state index in [1.54, 1.807) is 6.07 Å². The van der Waals surface area contributed by atoms with Gasteiger partial charge in [-0.1, -0.05) is 25.0 Å². The summed E-state index contributed by atoms with van der Waals surface area (Å²) in [6.07, 6.45) is 3.20. The molecule has 1 aromatic rings. The molecule has 0 unspecified atom stereocenters. The molecular weight excluding hydrogens is 369 g/mol. The Kier molecular flexibility index (Phi) is 6.23. The second kappa shape index (κ2) is 8.81. The minimum atomic E-state index is -0.670. The van der Waals surface area contributed by atoms with Crippen LogP contribution in [0.25, 0.3) is 0 Å². The van der Waals surface area contributed by atoms with Gasteiger partial charge in [-0.3, -0.25) is 34.9 Å². The molecule has 1 heterocycles. The fourth-order valence-electron chi connectivity index (χ4n) is 3.61. The lowest BCUT2D eigenvalue weighted by molar-refractivity contribution is -0.140. The topological polar surface area (TPSA) is 105 Å². The van der Waals surface area contributed by atoms with Gasteiger partial charge in [-0.15, -0.1) is 0 Å². The second-order valence-electron chi connectivity index (χ2n) is 6.89. The Balaban J connectivity index is 1.38. The number of hydrogen-bond acceptors (Lipinski definition) is 5. The van der Waals surface area contributed by atoms with Crippen LogP contribution in [0.1, 0.15) is 32.1 Å². The van der Waals surface area contributed by atoms with Crippen LogP contribution >= 0.6 is 0 Å². The Labute approximate surface area is 161 Å². The SMILES string of the molecule is O=C(CCN1C(=O)[C@H]2CCCC[C@H]2C1=O)NNC(=O)COc1ccccc1F. The molecule has 2 N–H and O–H groups in total. The molecular formula is C19H22FN3O5. The molecule has 2 fully saturated rings. The number of hydrogen-bond donors (Lipinski definition) is 2. The van der Waals surface area contributed by atoms with Gasteiger partial charge in [-0.05, 0) is 25.0 Å². The first-order chi connectivity index (χ1) is 13.5. The number of likely N-dealkylation sites (tertiary alicyclic amines) is 1. The number of benzene rings is 1. The van der Waals surface area contributed by atoms with Gasteiger partial charge >= 0.3 is 0 Å². The van der Waals surface area contributed by atoms with E-state index in [1.807, 2.05) is 0 Å². The lowest BCUT2D eigenvalue weighted by Crippen LogP contribution is -2.45. The van der Waals surface area contributed by atoms with Gasteiger partial charge in [0.05, 0.1) is 11.8 Å². The number of imide groups is 1. The molecule has 0 bridgehead atoms. The number of fused-ring (bicyclic) bond motifs is 1. The standard InChI is InChI=1S/C19H22FN3O5/c20-14-7-3-4-8-15(14)28-11-17(25)22-21-16(24)9-10-23-18(26)12-5-1-2-6-13(12)19(23)27/h3-4,7-8,12-13H,1-2,5-6,9-11H2,(H,21,24)(H,22,25)/t12-,13+. The molecule has 0 radical (unpaired) electrons. The number of halogens is 1. The number of nitrogens with zero attached hydrogens (tertiary/aromatic N) is 1. The van der Waals surface area contributed by atoms with Crippen molar-refractivity contribution in [3.63, 3.8) is 0 Å². The van der Waals surface area contributed by atoms with Gasteiger partial charge in [0.2, 0.25) is 17.7 Å². The minimum absolute atomic E-state index is 0.0158. The molecule has 1 aromatic carbocycles. The summed E-state index contributed by atoms with van der Waals surface area (Å²) in [6, 6.07) is 5.64. The first kappa shape index (κ1) is 19.8. The maximum absolute atomic E-state index is 13.4. The molecule has 1 aliphatic carbocycles. The van der Waals surface area contributed by atoms with Gasteiger partial charge in [-0.2, -0.15) is 0 Å². The van der Waals surface area contributed by atoms with E-state index in [1.165, 1.54) is 18.2 Å². The van der Waals surface area contributed by atoms with Gasteiger partial charge in [-0.25, -0.2) is 4.39 Å². The third-order valence-electron chi connectivity index (χ3n) is 5.03. The molecule has 2 aliphatic rings. The predicted octanol–water partition coefficient (Wildman–Crippen LogP) is 0.917. The molecule has 3 rings (SSSR count). The van der Waals surface area contributed by atoms with Gasteiger partial charge in [0.25, 0.3) is 5.91 Å². The van der Waals surface area contributed by atoms with Crippen molar-refractivity contribution in [2.24, 2.45) is 11.8 Å². The van der Waals surface area contributed by atoms with Crippen LogP contribution < -0.4 is 15.6 Å². The molecule has 2 atom stereocenters. The summed E-state index contributed by atoms with van der Waals surface area (Å²) in [4.78, 5) is 49.4. The highest BCUT2D eigenvalue weighted by atomic mass is 19.1. The smallest absolute Gasteiger partial charge is 0.276 e. The quantitative estimate of drug-likeness (QED) is 0.554. The van der Waals surface area contributed by atoms with E-state index in [0.29, 0.717) is 0 Å². The van der Waals surface area contributed by atoms with Crippen molar-refractivity contribution in [2.75, 3.05) is 13.2 Å². The zero-order chi connectivity index (χ0) is 20.1. The summed E-state index contributed by atoms with van der Waals surface area (Å²) in [5.74, 6) is -2.80. The maximum atomic E-state index is 13.4. The third kappa shape index (κ3) is 4.47. The van der Waals surface area contributed by atoms with Crippen molar-refractivity contribution in [1.29, 1.82) is 0 Å². The highest BCUT2D eigenvalue weighted by molar-refractivity contribution is 6.05. The van der Waals surface area contributed by atoms with E-state index < -0.39 is 24.2 Å². The van der Waals surface area contributed by atoms with Gasteiger partial charge in [0.1, 0.15) is 0 Å². The fraction of sp³-hybridized carbons (Fsp3) is 0.474. The average molecular weight is 391 g/mol. The largest absolute Gasteiger partial charge is 0.481 e. The van der Waals surface area contributed by atoms with Gasteiger partial charge in [0.15, 0.2) is 18.2 Å². The Hall–Kier alpha value is -2.97. The highest BCUT2D eigenvalue weighted by Crippen LogP contribution is 2.37. The molecule has 150 valence electrons. The van der Waals surface area contributed by atoms with Gasteiger partial charge < -0.3 is 4.74 Å². The molecule has 8 nitrogen and oxygen atoms in total. The number of ether oxygens (including phenoxy) is 1. The summed E-state index contributed by atoms with van der Waals surface area (Å²) in [5, 5.41) is 0. The Morgan fingerprint density at radius 2 is 1.64 bits per heavy atom. The first-order valence-corrected chi connectivity index (χ1v) is 9.27. The lowest BCUT2D eigenvalue weighted by Gasteiger charge is -2.19. The van der Waals surface area contributed by atoms with Crippen molar-refractivity contribution in [2.45, 2.75) is 32.1 Å². The van der Waals surface area contributed by atoms with Crippen LogP contribution in [-0.2, 0) is 19.2 Å². The van der Waals surface area contributed by atoms with E-state index in [9.17, 15) is 23.6 Å². The zero-order valence-electron chi connectivity index (χ0n) is 15.3. The second-order valence-corrected chi connectivity index (χ2v) is 6.89. The number of nitrogens with one attached hydrogen (secondary N) is 2. The molecule has 1 aliphatic heterocycles. The molecule has 28 heavy (non-hydrogen) atoms. The summed E-state index contributed by atoms with van der Waals surface area (Å²) < 4.78 is 18.4. The molecule has 4 amide bonds. The number of para-hydroxylation sites is 1. The number of rotatable bonds is 6. The van der Waals surface area contributed by atoms with E-state index in [2.05, 4.69) is 10.9 Å². The molecule has 1 saturated heterocycles. The average Bonchev–Trinajstić information content (AvgIpc) is 2.94. The van der Waals surface area contributed by atoms with Crippen LogP contribution in [0.2, 0.25) is 0 Å². The normalized spacial score (nSPS) is 21.2. The van der Waals surface area contributed by atoms with Crippen LogP contribution in [0.3, 0.4) is 0 Å².